The van der Waals surface area contributed by atoms with Gasteiger partial charge in [-0.25, -0.2) is 13.4 Å². The average molecular weight is 292 g/mol. The lowest BCUT2D eigenvalue weighted by atomic mass is 10.1. The number of aryl methyl sites for hydroxylation is 2. The lowest BCUT2D eigenvalue weighted by molar-refractivity contribution is 0.444. The Morgan fingerprint density at radius 1 is 1.20 bits per heavy atom. The monoisotopic (exact) mass is 292 g/mol. The number of nitrogen functional groups attached to an aromatic ring is 1. The summed E-state index contributed by atoms with van der Waals surface area (Å²) in [6, 6.07) is 6.57. The molecule has 1 aromatic heterocycles. The summed E-state index contributed by atoms with van der Waals surface area (Å²) in [6.07, 6.45) is 2.60. The molecule has 0 aliphatic rings. The zero-order valence-corrected chi connectivity index (χ0v) is 12.4. The summed E-state index contributed by atoms with van der Waals surface area (Å²) < 4.78 is 29.0. The Balaban J connectivity index is 2.49. The molecular weight excluding hydrogens is 276 g/mol. The number of pyridine rings is 1. The SMILES string of the molecule is Cc1cc(C)c(Oc2ncccc2S(C)(=O)=O)cc1N. The van der Waals surface area contributed by atoms with Gasteiger partial charge in [0, 0.05) is 24.2 Å². The van der Waals surface area contributed by atoms with E-state index in [1.54, 1.807) is 12.1 Å². The Kier molecular flexibility index (Phi) is 3.67. The molecule has 0 saturated carbocycles. The van der Waals surface area contributed by atoms with Crippen molar-refractivity contribution in [2.75, 3.05) is 12.0 Å². The van der Waals surface area contributed by atoms with Gasteiger partial charge in [-0.1, -0.05) is 6.07 Å². The standard InChI is InChI=1S/C14H16N2O3S/c1-9-7-10(2)12(8-11(9)15)19-14-13(20(3,17)18)5-4-6-16-14/h4-8H,15H2,1-3H3. The first-order valence-electron chi connectivity index (χ1n) is 5.98. The third-order valence-corrected chi connectivity index (χ3v) is 4.02. The molecule has 0 radical (unpaired) electrons. The number of aromatic nitrogens is 1. The van der Waals surface area contributed by atoms with Crippen LogP contribution in [0.3, 0.4) is 0 Å². The van der Waals surface area contributed by atoms with Gasteiger partial charge in [0.25, 0.3) is 0 Å². The zero-order chi connectivity index (χ0) is 14.9. The van der Waals surface area contributed by atoms with Crippen LogP contribution in [0.25, 0.3) is 0 Å². The van der Waals surface area contributed by atoms with Crippen LogP contribution in [-0.4, -0.2) is 19.7 Å². The van der Waals surface area contributed by atoms with E-state index in [2.05, 4.69) is 4.98 Å². The second-order valence-electron chi connectivity index (χ2n) is 4.66. The van der Waals surface area contributed by atoms with Crippen molar-refractivity contribution in [1.29, 1.82) is 0 Å². The molecule has 20 heavy (non-hydrogen) atoms. The molecular formula is C14H16N2O3S. The molecule has 0 aliphatic heterocycles. The normalized spacial score (nSPS) is 11.3. The fraction of sp³-hybridized carbons (Fsp3) is 0.214. The van der Waals surface area contributed by atoms with E-state index in [-0.39, 0.29) is 10.8 Å². The van der Waals surface area contributed by atoms with Crippen LogP contribution in [0, 0.1) is 13.8 Å². The Morgan fingerprint density at radius 3 is 2.55 bits per heavy atom. The van der Waals surface area contributed by atoms with E-state index in [0.29, 0.717) is 11.4 Å². The predicted molar refractivity (Wildman–Crippen MR) is 77.7 cm³/mol. The van der Waals surface area contributed by atoms with Crippen LogP contribution in [0.4, 0.5) is 5.69 Å². The van der Waals surface area contributed by atoms with Crippen LogP contribution < -0.4 is 10.5 Å². The molecule has 0 aliphatic carbocycles. The Bertz CT molecular complexity index is 755. The van der Waals surface area contributed by atoms with E-state index in [4.69, 9.17) is 10.5 Å². The van der Waals surface area contributed by atoms with Crippen molar-refractivity contribution in [2.24, 2.45) is 0 Å². The summed E-state index contributed by atoms with van der Waals surface area (Å²) in [5.41, 5.74) is 8.24. The summed E-state index contributed by atoms with van der Waals surface area (Å²) in [5.74, 6) is 0.554. The first-order chi connectivity index (χ1) is 9.29. The number of hydrogen-bond donors (Lipinski definition) is 1. The Hall–Kier alpha value is -2.08. The number of hydrogen-bond acceptors (Lipinski definition) is 5. The number of anilines is 1. The number of nitrogens with two attached hydrogens (primary N) is 1. The van der Waals surface area contributed by atoms with E-state index >= 15 is 0 Å². The number of benzene rings is 1. The predicted octanol–water partition coefficient (Wildman–Crippen LogP) is 2.48. The molecule has 5 nitrogen and oxygen atoms in total. The van der Waals surface area contributed by atoms with Crippen molar-refractivity contribution in [3.8, 4) is 11.6 Å². The number of sulfone groups is 1. The highest BCUT2D eigenvalue weighted by molar-refractivity contribution is 7.90. The van der Waals surface area contributed by atoms with Gasteiger partial charge in [-0.05, 0) is 37.1 Å². The summed E-state index contributed by atoms with van der Waals surface area (Å²) in [6.45, 7) is 3.76. The van der Waals surface area contributed by atoms with Gasteiger partial charge in [0.15, 0.2) is 9.84 Å². The molecule has 0 fully saturated rings. The zero-order valence-electron chi connectivity index (χ0n) is 11.5. The maximum atomic E-state index is 11.7. The van der Waals surface area contributed by atoms with Crippen molar-refractivity contribution in [3.63, 3.8) is 0 Å². The van der Waals surface area contributed by atoms with Crippen LogP contribution in [-0.2, 0) is 9.84 Å². The van der Waals surface area contributed by atoms with Crippen LogP contribution >= 0.6 is 0 Å². The topological polar surface area (TPSA) is 82.3 Å². The van der Waals surface area contributed by atoms with Gasteiger partial charge in [0.2, 0.25) is 5.88 Å². The molecule has 0 unspecified atom stereocenters. The van der Waals surface area contributed by atoms with Crippen LogP contribution in [0.5, 0.6) is 11.6 Å². The quantitative estimate of drug-likeness (QED) is 0.879. The first-order valence-corrected chi connectivity index (χ1v) is 7.88. The lowest BCUT2D eigenvalue weighted by Gasteiger charge is -2.12. The van der Waals surface area contributed by atoms with Gasteiger partial charge in [-0.2, -0.15) is 0 Å². The summed E-state index contributed by atoms with van der Waals surface area (Å²) in [5, 5.41) is 0. The second kappa shape index (κ2) is 5.13. The van der Waals surface area contributed by atoms with Crippen molar-refractivity contribution >= 4 is 15.5 Å². The Morgan fingerprint density at radius 2 is 1.90 bits per heavy atom. The fourth-order valence-corrected chi connectivity index (χ4v) is 2.53. The van der Waals surface area contributed by atoms with Gasteiger partial charge in [-0.15, -0.1) is 0 Å². The van der Waals surface area contributed by atoms with E-state index < -0.39 is 9.84 Å². The first kappa shape index (κ1) is 14.3. The van der Waals surface area contributed by atoms with E-state index in [1.807, 2.05) is 19.9 Å². The summed E-state index contributed by atoms with van der Waals surface area (Å²) in [7, 11) is -3.40. The Labute approximate surface area is 118 Å². The number of ether oxygens (including phenoxy) is 1. The van der Waals surface area contributed by atoms with Gasteiger partial charge in [-0.3, -0.25) is 0 Å². The third kappa shape index (κ3) is 2.91. The number of rotatable bonds is 3. The molecule has 0 spiro atoms. The van der Waals surface area contributed by atoms with Gasteiger partial charge >= 0.3 is 0 Å². The molecule has 2 aromatic rings. The highest BCUT2D eigenvalue weighted by Crippen LogP contribution is 2.31. The molecule has 2 N–H and O–H groups in total. The van der Waals surface area contributed by atoms with E-state index in [9.17, 15) is 8.42 Å². The molecule has 2 rings (SSSR count). The van der Waals surface area contributed by atoms with Crippen LogP contribution in [0.15, 0.2) is 35.4 Å². The highest BCUT2D eigenvalue weighted by atomic mass is 32.2. The summed E-state index contributed by atoms with van der Waals surface area (Å²) >= 11 is 0. The summed E-state index contributed by atoms with van der Waals surface area (Å²) in [4.78, 5) is 4.05. The average Bonchev–Trinajstić information content (AvgIpc) is 2.35. The van der Waals surface area contributed by atoms with Crippen molar-refractivity contribution in [1.82, 2.24) is 4.98 Å². The van der Waals surface area contributed by atoms with Crippen molar-refractivity contribution < 1.29 is 13.2 Å². The smallest absolute Gasteiger partial charge is 0.238 e. The van der Waals surface area contributed by atoms with Crippen LogP contribution in [0.1, 0.15) is 11.1 Å². The van der Waals surface area contributed by atoms with Gasteiger partial charge in [0.1, 0.15) is 10.6 Å². The molecule has 6 heteroatoms. The van der Waals surface area contributed by atoms with E-state index in [1.165, 1.54) is 12.3 Å². The molecule has 0 amide bonds. The second-order valence-corrected chi connectivity index (χ2v) is 6.64. The third-order valence-electron chi connectivity index (χ3n) is 2.91. The largest absolute Gasteiger partial charge is 0.437 e. The minimum atomic E-state index is -3.40. The fourth-order valence-electron chi connectivity index (χ4n) is 1.80. The lowest BCUT2D eigenvalue weighted by Crippen LogP contribution is -2.03. The highest BCUT2D eigenvalue weighted by Gasteiger charge is 2.17. The molecule has 1 heterocycles. The molecule has 0 bridgehead atoms. The number of nitrogens with zero attached hydrogens (tertiary/aromatic N) is 1. The van der Waals surface area contributed by atoms with Crippen molar-refractivity contribution in [2.45, 2.75) is 18.7 Å². The van der Waals surface area contributed by atoms with Gasteiger partial charge in [0.05, 0.1) is 0 Å². The maximum absolute atomic E-state index is 11.7. The molecule has 1 aromatic carbocycles. The van der Waals surface area contributed by atoms with Crippen LogP contribution in [0.2, 0.25) is 0 Å². The maximum Gasteiger partial charge on any atom is 0.238 e. The molecule has 0 saturated heterocycles. The van der Waals surface area contributed by atoms with E-state index in [0.717, 1.165) is 17.4 Å². The molecule has 106 valence electrons. The minimum Gasteiger partial charge on any atom is -0.437 e. The molecule has 0 atom stereocenters. The van der Waals surface area contributed by atoms with Crippen molar-refractivity contribution in [3.05, 3.63) is 41.6 Å². The minimum absolute atomic E-state index is 0.0542. The van der Waals surface area contributed by atoms with Gasteiger partial charge < -0.3 is 10.5 Å².